The van der Waals surface area contributed by atoms with Gasteiger partial charge in [-0.05, 0) is 26.3 Å². The van der Waals surface area contributed by atoms with Gasteiger partial charge in [-0.25, -0.2) is 4.98 Å². The Labute approximate surface area is 102 Å². The van der Waals surface area contributed by atoms with Crippen molar-refractivity contribution in [2.75, 3.05) is 25.0 Å². The molecule has 1 fully saturated rings. The molecule has 1 saturated heterocycles. The van der Waals surface area contributed by atoms with E-state index in [1.807, 2.05) is 18.4 Å². The first-order chi connectivity index (χ1) is 7.85. The molecule has 0 spiro atoms. The summed E-state index contributed by atoms with van der Waals surface area (Å²) in [5.74, 6) is 0. The van der Waals surface area contributed by atoms with Crippen LogP contribution in [0.5, 0.6) is 0 Å². The molecule has 1 aliphatic rings. The zero-order valence-corrected chi connectivity index (χ0v) is 11.1. The van der Waals surface area contributed by atoms with Crippen LogP contribution in [0.4, 0.5) is 5.13 Å². The van der Waals surface area contributed by atoms with Gasteiger partial charge >= 0.3 is 0 Å². The Hall–Kier alpha value is -0.610. The van der Waals surface area contributed by atoms with Gasteiger partial charge in [0.15, 0.2) is 5.13 Å². The maximum absolute atomic E-state index is 4.80. The monoisotopic (exact) mass is 239 g/mol. The van der Waals surface area contributed by atoms with E-state index in [2.05, 4.69) is 17.1 Å². The second kappa shape index (κ2) is 5.64. The van der Waals surface area contributed by atoms with Gasteiger partial charge in [-0.1, -0.05) is 13.3 Å². The van der Waals surface area contributed by atoms with Gasteiger partial charge < -0.3 is 10.2 Å². The summed E-state index contributed by atoms with van der Waals surface area (Å²) in [5.41, 5.74) is 1.31. The van der Waals surface area contributed by atoms with Gasteiger partial charge in [-0.3, -0.25) is 0 Å². The van der Waals surface area contributed by atoms with Crippen molar-refractivity contribution in [1.29, 1.82) is 0 Å². The number of thiazole rings is 1. The smallest absolute Gasteiger partial charge is 0.185 e. The van der Waals surface area contributed by atoms with E-state index in [4.69, 9.17) is 4.98 Å². The number of aromatic nitrogens is 1. The van der Waals surface area contributed by atoms with Crippen LogP contribution in [0.25, 0.3) is 0 Å². The molecule has 0 unspecified atom stereocenters. The molecule has 2 heterocycles. The van der Waals surface area contributed by atoms with Crippen LogP contribution in [-0.4, -0.2) is 25.1 Å². The quantitative estimate of drug-likeness (QED) is 0.855. The topological polar surface area (TPSA) is 28.2 Å². The number of anilines is 1. The first-order valence-electron chi connectivity index (χ1n) is 6.23. The molecule has 0 aromatic carbocycles. The van der Waals surface area contributed by atoms with Crippen LogP contribution >= 0.6 is 11.3 Å². The lowest BCUT2D eigenvalue weighted by molar-refractivity contribution is 0.797. The normalized spacial score (nSPS) is 16.0. The molecule has 0 radical (unpaired) electrons. The zero-order chi connectivity index (χ0) is 11.4. The third-order valence-corrected chi connectivity index (χ3v) is 4.13. The summed E-state index contributed by atoms with van der Waals surface area (Å²) in [6.45, 7) is 5.56. The zero-order valence-electron chi connectivity index (χ0n) is 10.3. The van der Waals surface area contributed by atoms with Gasteiger partial charge in [-0.15, -0.1) is 11.3 Å². The summed E-state index contributed by atoms with van der Waals surface area (Å²) >= 11 is 1.87. The van der Waals surface area contributed by atoms with Gasteiger partial charge in [0.05, 0.1) is 5.69 Å². The van der Waals surface area contributed by atoms with Crippen molar-refractivity contribution in [3.63, 3.8) is 0 Å². The molecule has 3 nitrogen and oxygen atoms in total. The Morgan fingerprint density at radius 1 is 1.38 bits per heavy atom. The van der Waals surface area contributed by atoms with Crippen molar-refractivity contribution >= 4 is 16.5 Å². The van der Waals surface area contributed by atoms with Crippen molar-refractivity contribution in [2.24, 2.45) is 0 Å². The highest BCUT2D eigenvalue weighted by Crippen LogP contribution is 2.29. The first kappa shape index (κ1) is 11.9. The molecule has 0 saturated carbocycles. The largest absolute Gasteiger partial charge is 0.348 e. The van der Waals surface area contributed by atoms with Crippen LogP contribution in [0.15, 0.2) is 0 Å². The SMILES string of the molecule is CCCc1nc(N2CCCC2)sc1CNC. The van der Waals surface area contributed by atoms with Crippen molar-refractivity contribution in [3.8, 4) is 0 Å². The van der Waals surface area contributed by atoms with Gasteiger partial charge in [0, 0.05) is 24.5 Å². The van der Waals surface area contributed by atoms with E-state index in [0.29, 0.717) is 0 Å². The Morgan fingerprint density at radius 3 is 2.75 bits per heavy atom. The molecular formula is C12H21N3S. The maximum Gasteiger partial charge on any atom is 0.185 e. The average Bonchev–Trinajstić information content (AvgIpc) is 2.89. The van der Waals surface area contributed by atoms with Crippen molar-refractivity contribution in [1.82, 2.24) is 10.3 Å². The van der Waals surface area contributed by atoms with E-state index in [0.717, 1.165) is 13.0 Å². The standard InChI is InChI=1S/C12H21N3S/c1-3-6-10-11(9-13-2)16-12(14-10)15-7-4-5-8-15/h13H,3-9H2,1-2H3. The molecule has 0 atom stereocenters. The van der Waals surface area contributed by atoms with Gasteiger partial charge in [-0.2, -0.15) is 0 Å². The van der Waals surface area contributed by atoms with Gasteiger partial charge in [0.25, 0.3) is 0 Å². The second-order valence-electron chi connectivity index (χ2n) is 4.34. The molecule has 16 heavy (non-hydrogen) atoms. The highest BCUT2D eigenvalue weighted by atomic mass is 32.1. The summed E-state index contributed by atoms with van der Waals surface area (Å²) in [5, 5.41) is 4.48. The molecule has 4 heteroatoms. The fraction of sp³-hybridized carbons (Fsp3) is 0.750. The van der Waals surface area contributed by atoms with E-state index in [9.17, 15) is 0 Å². The Kier molecular flexibility index (Phi) is 4.18. The van der Waals surface area contributed by atoms with E-state index in [-0.39, 0.29) is 0 Å². The predicted octanol–water partition coefficient (Wildman–Crippen LogP) is 2.42. The Morgan fingerprint density at radius 2 is 2.12 bits per heavy atom. The highest BCUT2D eigenvalue weighted by molar-refractivity contribution is 7.15. The average molecular weight is 239 g/mol. The first-order valence-corrected chi connectivity index (χ1v) is 7.05. The minimum atomic E-state index is 0.959. The highest BCUT2D eigenvalue weighted by Gasteiger charge is 2.18. The van der Waals surface area contributed by atoms with Gasteiger partial charge in [0.2, 0.25) is 0 Å². The number of nitrogens with zero attached hydrogens (tertiary/aromatic N) is 2. The number of aryl methyl sites for hydroxylation is 1. The van der Waals surface area contributed by atoms with E-state index in [1.54, 1.807) is 0 Å². The third kappa shape index (κ3) is 2.55. The number of rotatable bonds is 5. The molecule has 0 amide bonds. The van der Waals surface area contributed by atoms with Crippen molar-refractivity contribution < 1.29 is 0 Å². The summed E-state index contributed by atoms with van der Waals surface area (Å²) in [4.78, 5) is 8.66. The molecule has 0 aliphatic carbocycles. The second-order valence-corrected chi connectivity index (χ2v) is 5.40. The molecule has 90 valence electrons. The lowest BCUT2D eigenvalue weighted by Crippen LogP contribution is -2.17. The molecule has 1 aliphatic heterocycles. The number of hydrogen-bond donors (Lipinski definition) is 1. The number of hydrogen-bond acceptors (Lipinski definition) is 4. The number of nitrogens with one attached hydrogen (secondary N) is 1. The van der Waals surface area contributed by atoms with E-state index < -0.39 is 0 Å². The lowest BCUT2D eigenvalue weighted by Gasteiger charge is -2.12. The Balaban J connectivity index is 2.15. The van der Waals surface area contributed by atoms with Crippen LogP contribution < -0.4 is 10.2 Å². The van der Waals surface area contributed by atoms with Crippen LogP contribution in [0.3, 0.4) is 0 Å². The maximum atomic E-state index is 4.80. The Bertz CT molecular complexity index is 306. The summed E-state index contributed by atoms with van der Waals surface area (Å²) in [7, 11) is 2.00. The predicted molar refractivity (Wildman–Crippen MR) is 70.3 cm³/mol. The molecule has 0 bridgehead atoms. The summed E-state index contributed by atoms with van der Waals surface area (Å²) < 4.78 is 0. The van der Waals surface area contributed by atoms with Crippen LogP contribution in [-0.2, 0) is 13.0 Å². The van der Waals surface area contributed by atoms with E-state index in [1.165, 1.54) is 48.1 Å². The lowest BCUT2D eigenvalue weighted by atomic mass is 10.2. The fourth-order valence-electron chi connectivity index (χ4n) is 2.14. The molecular weight excluding hydrogens is 218 g/mol. The van der Waals surface area contributed by atoms with E-state index >= 15 is 0 Å². The van der Waals surface area contributed by atoms with Crippen LogP contribution in [0, 0.1) is 0 Å². The molecule has 1 aromatic rings. The van der Waals surface area contributed by atoms with Crippen molar-refractivity contribution in [3.05, 3.63) is 10.6 Å². The van der Waals surface area contributed by atoms with Crippen molar-refractivity contribution in [2.45, 2.75) is 39.2 Å². The summed E-state index contributed by atoms with van der Waals surface area (Å²) in [6.07, 6.45) is 4.94. The summed E-state index contributed by atoms with van der Waals surface area (Å²) in [6, 6.07) is 0. The van der Waals surface area contributed by atoms with Gasteiger partial charge in [0.1, 0.15) is 0 Å². The molecule has 1 N–H and O–H groups in total. The van der Waals surface area contributed by atoms with Crippen LogP contribution in [0.2, 0.25) is 0 Å². The third-order valence-electron chi connectivity index (χ3n) is 2.97. The fourth-order valence-corrected chi connectivity index (χ4v) is 3.31. The molecule has 2 rings (SSSR count). The minimum Gasteiger partial charge on any atom is -0.348 e. The minimum absolute atomic E-state index is 0.959. The van der Waals surface area contributed by atoms with Crippen LogP contribution in [0.1, 0.15) is 36.8 Å². The molecule has 1 aromatic heterocycles.